The van der Waals surface area contributed by atoms with Crippen LogP contribution in [0.3, 0.4) is 0 Å². The Labute approximate surface area is 192 Å². The molecular weight excluding hydrogens is 424 g/mol. The lowest BCUT2D eigenvalue weighted by molar-refractivity contribution is -0.140. The second-order valence-electron chi connectivity index (χ2n) is 9.31. The summed E-state index contributed by atoms with van der Waals surface area (Å²) in [6.07, 6.45) is 8.57. The summed E-state index contributed by atoms with van der Waals surface area (Å²) in [5.74, 6) is 0.389. The molecule has 2 fully saturated rings. The van der Waals surface area contributed by atoms with Gasteiger partial charge in [-0.1, -0.05) is 12.8 Å². The molecule has 2 aliphatic heterocycles. The molecule has 0 aliphatic carbocycles. The van der Waals surface area contributed by atoms with Gasteiger partial charge >= 0.3 is 5.69 Å². The third kappa shape index (κ3) is 4.74. The fraction of sp³-hybridized carbons (Fsp3) is 0.696. The van der Waals surface area contributed by atoms with Gasteiger partial charge in [-0.3, -0.25) is 23.5 Å². The third-order valence-electron chi connectivity index (χ3n) is 7.12. The molecule has 2 amide bonds. The van der Waals surface area contributed by atoms with E-state index in [1.807, 2.05) is 9.80 Å². The number of imidazole rings is 1. The lowest BCUT2D eigenvalue weighted by atomic mass is 9.95. The van der Waals surface area contributed by atoms with E-state index >= 15 is 0 Å². The Morgan fingerprint density at radius 2 is 1.61 bits per heavy atom. The standard InChI is InChI=1S/C23H34N6O4/c1-25-20-19(22(32)26(2)23(25)33)29(16-24-20)13-7-8-18(30)27-14-9-17(10-15-27)21(31)28-11-5-3-4-6-12-28/h16-17H,3-15H2,1-2H3. The van der Waals surface area contributed by atoms with Gasteiger partial charge in [0.15, 0.2) is 11.2 Å². The SMILES string of the molecule is Cn1c(=O)c2c(ncn2CCCC(=O)N2CCC(C(=O)N3CCCCCC3)CC2)n(C)c1=O. The van der Waals surface area contributed by atoms with Crippen molar-refractivity contribution in [2.75, 3.05) is 26.2 Å². The maximum absolute atomic E-state index is 12.9. The number of likely N-dealkylation sites (tertiary alicyclic amines) is 2. The van der Waals surface area contributed by atoms with Crippen LogP contribution in [-0.2, 0) is 30.2 Å². The van der Waals surface area contributed by atoms with Crippen LogP contribution in [0.2, 0.25) is 0 Å². The molecule has 0 N–H and O–H groups in total. The molecule has 10 heteroatoms. The minimum Gasteiger partial charge on any atom is -0.343 e. The average Bonchev–Trinajstić information content (AvgIpc) is 3.06. The molecule has 2 aromatic heterocycles. The molecule has 2 aliphatic rings. The molecule has 2 saturated heterocycles. The zero-order valence-corrected chi connectivity index (χ0v) is 19.7. The van der Waals surface area contributed by atoms with Gasteiger partial charge in [0.25, 0.3) is 5.56 Å². The lowest BCUT2D eigenvalue weighted by Gasteiger charge is -2.34. The number of rotatable bonds is 5. The Bertz CT molecular complexity index is 1130. The lowest BCUT2D eigenvalue weighted by Crippen LogP contribution is -2.44. The maximum Gasteiger partial charge on any atom is 0.332 e. The monoisotopic (exact) mass is 458 g/mol. The predicted molar refractivity (Wildman–Crippen MR) is 124 cm³/mol. The molecule has 4 heterocycles. The molecule has 0 radical (unpaired) electrons. The minimum absolute atomic E-state index is 0.0346. The van der Waals surface area contributed by atoms with Crippen molar-refractivity contribution in [1.82, 2.24) is 28.5 Å². The van der Waals surface area contributed by atoms with Crippen LogP contribution in [0.4, 0.5) is 0 Å². The normalized spacial score (nSPS) is 18.0. The van der Waals surface area contributed by atoms with Gasteiger partial charge < -0.3 is 14.4 Å². The van der Waals surface area contributed by atoms with Gasteiger partial charge in [-0.2, -0.15) is 0 Å². The summed E-state index contributed by atoms with van der Waals surface area (Å²) in [6.45, 7) is 3.47. The van der Waals surface area contributed by atoms with Gasteiger partial charge in [0.1, 0.15) is 0 Å². The molecule has 0 saturated carbocycles. The fourth-order valence-corrected chi connectivity index (χ4v) is 5.05. The molecule has 0 spiro atoms. The smallest absolute Gasteiger partial charge is 0.332 e. The molecule has 33 heavy (non-hydrogen) atoms. The Hall–Kier alpha value is -2.91. The topological polar surface area (TPSA) is 102 Å². The molecule has 10 nitrogen and oxygen atoms in total. The van der Waals surface area contributed by atoms with E-state index in [2.05, 4.69) is 4.98 Å². The highest BCUT2D eigenvalue weighted by Gasteiger charge is 2.30. The highest BCUT2D eigenvalue weighted by molar-refractivity contribution is 5.80. The van der Waals surface area contributed by atoms with Crippen molar-refractivity contribution in [3.05, 3.63) is 27.2 Å². The third-order valence-corrected chi connectivity index (χ3v) is 7.12. The van der Waals surface area contributed by atoms with Gasteiger partial charge in [0.05, 0.1) is 6.33 Å². The van der Waals surface area contributed by atoms with E-state index in [0.29, 0.717) is 43.6 Å². The molecule has 4 rings (SSSR count). The number of aromatic nitrogens is 4. The summed E-state index contributed by atoms with van der Waals surface area (Å²) in [5.41, 5.74) is -0.0656. The Morgan fingerprint density at radius 1 is 0.939 bits per heavy atom. The van der Waals surface area contributed by atoms with E-state index in [9.17, 15) is 19.2 Å². The highest BCUT2D eigenvalue weighted by Crippen LogP contribution is 2.22. The van der Waals surface area contributed by atoms with Crippen LogP contribution in [0.15, 0.2) is 15.9 Å². The quantitative estimate of drug-likeness (QED) is 0.661. The molecule has 2 aromatic rings. The van der Waals surface area contributed by atoms with Gasteiger partial charge in [0, 0.05) is 59.2 Å². The van der Waals surface area contributed by atoms with Gasteiger partial charge in [-0.15, -0.1) is 0 Å². The first-order chi connectivity index (χ1) is 15.9. The average molecular weight is 459 g/mol. The second-order valence-corrected chi connectivity index (χ2v) is 9.31. The largest absolute Gasteiger partial charge is 0.343 e. The van der Waals surface area contributed by atoms with Crippen molar-refractivity contribution < 1.29 is 9.59 Å². The van der Waals surface area contributed by atoms with E-state index < -0.39 is 5.69 Å². The van der Waals surface area contributed by atoms with Crippen molar-refractivity contribution in [2.24, 2.45) is 20.0 Å². The number of hydrogen-bond acceptors (Lipinski definition) is 5. The van der Waals surface area contributed by atoms with E-state index in [1.165, 1.54) is 24.5 Å². The molecule has 0 bridgehead atoms. The maximum atomic E-state index is 12.9. The van der Waals surface area contributed by atoms with Crippen LogP contribution in [0.25, 0.3) is 11.2 Å². The molecule has 0 unspecified atom stereocenters. The Morgan fingerprint density at radius 3 is 2.27 bits per heavy atom. The summed E-state index contributed by atoms with van der Waals surface area (Å²) < 4.78 is 4.15. The molecule has 0 atom stereocenters. The first kappa shape index (κ1) is 23.3. The number of piperidine rings is 1. The summed E-state index contributed by atoms with van der Waals surface area (Å²) in [6, 6.07) is 0. The van der Waals surface area contributed by atoms with Crippen LogP contribution >= 0.6 is 0 Å². The number of nitrogens with zero attached hydrogens (tertiary/aromatic N) is 6. The van der Waals surface area contributed by atoms with Gasteiger partial charge in [-0.05, 0) is 32.1 Å². The summed E-state index contributed by atoms with van der Waals surface area (Å²) in [4.78, 5) is 58.3. The molecular formula is C23H34N6O4. The summed E-state index contributed by atoms with van der Waals surface area (Å²) in [7, 11) is 3.04. The van der Waals surface area contributed by atoms with E-state index in [1.54, 1.807) is 17.9 Å². The molecule has 0 aromatic carbocycles. The highest BCUT2D eigenvalue weighted by atomic mass is 16.2. The number of amides is 2. The minimum atomic E-state index is -0.411. The van der Waals surface area contributed by atoms with Gasteiger partial charge in [-0.25, -0.2) is 9.78 Å². The molecule has 180 valence electrons. The predicted octanol–water partition coefficient (Wildman–Crippen LogP) is 0.855. The number of fused-ring (bicyclic) bond motifs is 1. The van der Waals surface area contributed by atoms with Crippen molar-refractivity contribution >= 4 is 23.0 Å². The van der Waals surface area contributed by atoms with Crippen LogP contribution < -0.4 is 11.2 Å². The number of carbonyl (C=O) groups excluding carboxylic acids is 2. The first-order valence-electron chi connectivity index (χ1n) is 12.1. The second kappa shape index (κ2) is 9.93. The van der Waals surface area contributed by atoms with Crippen molar-refractivity contribution in [3.63, 3.8) is 0 Å². The van der Waals surface area contributed by atoms with Crippen molar-refractivity contribution in [3.8, 4) is 0 Å². The fourth-order valence-electron chi connectivity index (χ4n) is 5.05. The summed E-state index contributed by atoms with van der Waals surface area (Å²) >= 11 is 0. The van der Waals surface area contributed by atoms with E-state index in [-0.39, 0.29) is 23.3 Å². The number of hydrogen-bond donors (Lipinski definition) is 0. The van der Waals surface area contributed by atoms with E-state index in [0.717, 1.165) is 43.3 Å². The Balaban J connectivity index is 1.29. The van der Waals surface area contributed by atoms with Crippen LogP contribution in [0.5, 0.6) is 0 Å². The van der Waals surface area contributed by atoms with Crippen LogP contribution in [-0.4, -0.2) is 66.5 Å². The zero-order valence-electron chi connectivity index (χ0n) is 19.7. The van der Waals surface area contributed by atoms with Crippen LogP contribution in [0.1, 0.15) is 51.4 Å². The van der Waals surface area contributed by atoms with Crippen molar-refractivity contribution in [1.29, 1.82) is 0 Å². The van der Waals surface area contributed by atoms with Gasteiger partial charge in [0.2, 0.25) is 11.8 Å². The number of carbonyl (C=O) groups is 2. The first-order valence-corrected chi connectivity index (χ1v) is 12.1. The zero-order chi connectivity index (χ0) is 23.5. The Kier molecular flexibility index (Phi) is 6.99. The summed E-state index contributed by atoms with van der Waals surface area (Å²) in [5, 5.41) is 0. The van der Waals surface area contributed by atoms with Crippen LogP contribution in [0, 0.1) is 5.92 Å². The number of aryl methyl sites for hydroxylation is 2. The van der Waals surface area contributed by atoms with E-state index in [4.69, 9.17) is 0 Å². The van der Waals surface area contributed by atoms with Crippen molar-refractivity contribution in [2.45, 2.75) is 57.9 Å².